The van der Waals surface area contributed by atoms with Crippen LogP contribution in [0.1, 0.15) is 33.7 Å². The maximum atomic E-state index is 13.0. The summed E-state index contributed by atoms with van der Waals surface area (Å²) in [5, 5.41) is 2.13. The minimum absolute atomic E-state index is 0.212. The highest BCUT2D eigenvalue weighted by Crippen LogP contribution is 2.34. The zero-order valence-corrected chi connectivity index (χ0v) is 13.8. The number of imidazole rings is 1. The monoisotopic (exact) mass is 345 g/mol. The van der Waals surface area contributed by atoms with Gasteiger partial charge in [-0.25, -0.2) is 9.97 Å². The van der Waals surface area contributed by atoms with Crippen molar-refractivity contribution in [2.75, 3.05) is 6.54 Å². The van der Waals surface area contributed by atoms with Crippen LogP contribution in [0.4, 0.5) is 0 Å². The quantitative estimate of drug-likeness (QED) is 0.603. The van der Waals surface area contributed by atoms with E-state index in [9.17, 15) is 4.79 Å². The van der Waals surface area contributed by atoms with E-state index in [0.717, 1.165) is 27.9 Å². The molecule has 1 aliphatic rings. The molecule has 1 amide bonds. The topological polar surface area (TPSA) is 87.9 Å². The fourth-order valence-electron chi connectivity index (χ4n) is 3.51. The Labute approximate surface area is 148 Å². The number of aromatic amines is 1. The molecule has 5 rings (SSSR count). The minimum atomic E-state index is -0.368. The number of hydrogen-bond donors (Lipinski definition) is 1. The summed E-state index contributed by atoms with van der Waals surface area (Å²) in [4.78, 5) is 30.9. The molecule has 1 atom stereocenters. The van der Waals surface area contributed by atoms with Crippen LogP contribution in [0.15, 0.2) is 59.9 Å². The Bertz CT molecular complexity index is 1090. The molecule has 26 heavy (non-hydrogen) atoms. The Hall–Kier alpha value is -3.48. The van der Waals surface area contributed by atoms with Gasteiger partial charge in [0.2, 0.25) is 5.76 Å². The predicted octanol–water partition coefficient (Wildman–Crippen LogP) is 2.73. The van der Waals surface area contributed by atoms with Crippen LogP contribution in [0.3, 0.4) is 0 Å². The maximum Gasteiger partial charge on any atom is 0.292 e. The van der Waals surface area contributed by atoms with Crippen molar-refractivity contribution in [1.82, 2.24) is 24.8 Å². The number of pyridine rings is 1. The number of fused-ring (bicyclic) bond motifs is 2. The Balaban J connectivity index is 1.64. The summed E-state index contributed by atoms with van der Waals surface area (Å²) in [7, 11) is 0. The van der Waals surface area contributed by atoms with Crippen molar-refractivity contribution < 1.29 is 9.21 Å². The van der Waals surface area contributed by atoms with Gasteiger partial charge in [-0.15, -0.1) is 0 Å². The first-order valence-electron chi connectivity index (χ1n) is 8.37. The summed E-state index contributed by atoms with van der Waals surface area (Å²) in [6, 6.07) is 9.68. The highest BCUT2D eigenvalue weighted by Gasteiger charge is 2.36. The van der Waals surface area contributed by atoms with Gasteiger partial charge < -0.3 is 14.3 Å². The van der Waals surface area contributed by atoms with Crippen molar-refractivity contribution in [3.8, 4) is 0 Å². The van der Waals surface area contributed by atoms with Crippen molar-refractivity contribution in [3.05, 3.63) is 78.3 Å². The number of hydrogen-bond acceptors (Lipinski definition) is 5. The van der Waals surface area contributed by atoms with E-state index in [1.54, 1.807) is 11.2 Å². The van der Waals surface area contributed by atoms with Crippen molar-refractivity contribution in [2.45, 2.75) is 12.5 Å². The third-order valence-corrected chi connectivity index (χ3v) is 4.76. The van der Waals surface area contributed by atoms with Crippen LogP contribution in [-0.2, 0) is 6.42 Å². The summed E-state index contributed by atoms with van der Waals surface area (Å²) in [5.41, 5.74) is 2.64. The third-order valence-electron chi connectivity index (χ3n) is 4.76. The highest BCUT2D eigenvalue weighted by atomic mass is 16.3. The number of amides is 1. The van der Waals surface area contributed by atoms with Crippen molar-refractivity contribution in [3.63, 3.8) is 0 Å². The van der Waals surface area contributed by atoms with Gasteiger partial charge >= 0.3 is 0 Å². The number of H-pyrrole nitrogens is 1. The van der Waals surface area contributed by atoms with Gasteiger partial charge in [-0.2, -0.15) is 0 Å². The van der Waals surface area contributed by atoms with Gasteiger partial charge in [0, 0.05) is 30.2 Å². The van der Waals surface area contributed by atoms with E-state index in [0.29, 0.717) is 13.0 Å². The third kappa shape index (κ3) is 2.28. The molecule has 128 valence electrons. The van der Waals surface area contributed by atoms with Crippen LogP contribution in [0.25, 0.3) is 10.8 Å². The van der Waals surface area contributed by atoms with E-state index in [1.807, 2.05) is 36.5 Å². The molecule has 0 unspecified atom stereocenters. The van der Waals surface area contributed by atoms with Crippen molar-refractivity contribution in [1.29, 1.82) is 0 Å². The van der Waals surface area contributed by atoms with Gasteiger partial charge in [0.1, 0.15) is 6.04 Å². The summed E-state index contributed by atoms with van der Waals surface area (Å²) < 4.78 is 5.22. The number of carbonyl (C=O) groups is 1. The van der Waals surface area contributed by atoms with Crippen LogP contribution >= 0.6 is 0 Å². The number of rotatable bonds is 2. The lowest BCUT2D eigenvalue weighted by Gasteiger charge is -2.34. The normalized spacial score (nSPS) is 16.6. The second kappa shape index (κ2) is 5.80. The number of nitrogens with one attached hydrogen (secondary N) is 1. The zero-order chi connectivity index (χ0) is 17.5. The lowest BCUT2D eigenvalue weighted by Crippen LogP contribution is -2.41. The van der Waals surface area contributed by atoms with E-state index in [2.05, 4.69) is 19.9 Å². The molecule has 0 aliphatic carbocycles. The fraction of sp³-hybridized carbons (Fsp3) is 0.158. The molecule has 3 aromatic heterocycles. The van der Waals surface area contributed by atoms with E-state index >= 15 is 0 Å². The molecule has 0 fully saturated rings. The Morgan fingerprint density at radius 1 is 1.19 bits per heavy atom. The lowest BCUT2D eigenvalue weighted by molar-refractivity contribution is 0.0654. The second-order valence-corrected chi connectivity index (χ2v) is 6.24. The summed E-state index contributed by atoms with van der Waals surface area (Å²) in [6.45, 7) is 0.550. The maximum absolute atomic E-state index is 13.0. The average molecular weight is 345 g/mol. The smallest absolute Gasteiger partial charge is 0.292 e. The standard InChI is InChI=1S/C19H15N5O2/c25-19(16-9-20-11-26-16)24-6-5-14-17(23-10-22-14)18(24)15-7-12-3-1-2-4-13(12)8-21-15/h1-4,7-11,18H,5-6H2,(H,22,23)/t18-/m1/s1. The first kappa shape index (κ1) is 14.8. The molecule has 1 aliphatic heterocycles. The van der Waals surface area contributed by atoms with E-state index < -0.39 is 0 Å². The van der Waals surface area contributed by atoms with Crippen LogP contribution < -0.4 is 0 Å². The molecule has 0 spiro atoms. The molecule has 0 saturated heterocycles. The molecule has 0 saturated carbocycles. The van der Waals surface area contributed by atoms with Gasteiger partial charge in [-0.05, 0) is 11.5 Å². The highest BCUT2D eigenvalue weighted by molar-refractivity contribution is 5.92. The largest absolute Gasteiger partial charge is 0.438 e. The predicted molar refractivity (Wildman–Crippen MR) is 93.4 cm³/mol. The zero-order valence-electron chi connectivity index (χ0n) is 13.8. The molecule has 0 radical (unpaired) electrons. The van der Waals surface area contributed by atoms with Crippen molar-refractivity contribution >= 4 is 16.7 Å². The van der Waals surface area contributed by atoms with Gasteiger partial charge in [0.05, 0.1) is 23.9 Å². The van der Waals surface area contributed by atoms with E-state index in [-0.39, 0.29) is 17.7 Å². The second-order valence-electron chi connectivity index (χ2n) is 6.24. The molecule has 4 heterocycles. The first-order chi connectivity index (χ1) is 12.8. The van der Waals surface area contributed by atoms with E-state index in [1.165, 1.54) is 12.6 Å². The van der Waals surface area contributed by atoms with Crippen LogP contribution in [-0.4, -0.2) is 37.3 Å². The number of oxazole rings is 1. The Morgan fingerprint density at radius 3 is 2.92 bits per heavy atom. The van der Waals surface area contributed by atoms with Crippen LogP contribution in [0.2, 0.25) is 0 Å². The Morgan fingerprint density at radius 2 is 2.08 bits per heavy atom. The van der Waals surface area contributed by atoms with Gasteiger partial charge in [-0.3, -0.25) is 9.78 Å². The molecule has 4 aromatic rings. The summed E-state index contributed by atoms with van der Waals surface area (Å²) >= 11 is 0. The van der Waals surface area contributed by atoms with Crippen LogP contribution in [0, 0.1) is 0 Å². The SMILES string of the molecule is O=C(c1cnco1)N1CCc2[nH]cnc2[C@H]1c1cc2ccccc2cn1. The van der Waals surface area contributed by atoms with E-state index in [4.69, 9.17) is 4.42 Å². The fourth-order valence-corrected chi connectivity index (χ4v) is 3.51. The molecule has 7 nitrogen and oxygen atoms in total. The molecular formula is C19H15N5O2. The summed E-state index contributed by atoms with van der Waals surface area (Å²) in [6.07, 6.45) is 6.91. The number of carbonyl (C=O) groups excluding carboxylic acids is 1. The van der Waals surface area contributed by atoms with Crippen LogP contribution in [0.5, 0.6) is 0 Å². The van der Waals surface area contributed by atoms with Crippen molar-refractivity contribution in [2.24, 2.45) is 0 Å². The lowest BCUT2D eigenvalue weighted by atomic mass is 9.97. The molecular weight excluding hydrogens is 330 g/mol. The molecule has 7 heteroatoms. The van der Waals surface area contributed by atoms with Gasteiger partial charge in [0.15, 0.2) is 6.39 Å². The first-order valence-corrected chi connectivity index (χ1v) is 8.37. The molecule has 1 aromatic carbocycles. The average Bonchev–Trinajstić information content (AvgIpc) is 3.38. The number of nitrogens with zero attached hydrogens (tertiary/aromatic N) is 4. The van der Waals surface area contributed by atoms with Gasteiger partial charge in [0.25, 0.3) is 5.91 Å². The molecule has 1 N–H and O–H groups in total. The molecule has 0 bridgehead atoms. The number of aromatic nitrogens is 4. The van der Waals surface area contributed by atoms with Gasteiger partial charge in [-0.1, -0.05) is 24.3 Å². The Kier molecular flexibility index (Phi) is 3.31. The minimum Gasteiger partial charge on any atom is -0.438 e. The summed E-state index contributed by atoms with van der Waals surface area (Å²) in [5.74, 6) is 0.00545. The number of benzene rings is 1.